The Hall–Kier alpha value is -1.62. The van der Waals surface area contributed by atoms with Crippen molar-refractivity contribution in [3.05, 3.63) is 29.8 Å². The number of hydrogen-bond donors (Lipinski definition) is 1. The van der Waals surface area contributed by atoms with Gasteiger partial charge in [-0.15, -0.1) is 0 Å². The third-order valence-electron chi connectivity index (χ3n) is 4.05. The summed E-state index contributed by atoms with van der Waals surface area (Å²) < 4.78 is 5.66. The van der Waals surface area contributed by atoms with Gasteiger partial charge in [-0.05, 0) is 38.3 Å². The summed E-state index contributed by atoms with van der Waals surface area (Å²) in [7, 11) is 0. The molecule has 0 spiro atoms. The van der Waals surface area contributed by atoms with Gasteiger partial charge in [0, 0.05) is 12.1 Å². The molecule has 1 aliphatic heterocycles. The molecular weight excluding hydrogens is 284 g/mol. The monoisotopic (exact) mass is 306 g/mol. The lowest BCUT2D eigenvalue weighted by Crippen LogP contribution is -2.42. The van der Waals surface area contributed by atoms with Crippen LogP contribution in [0.2, 0.25) is 0 Å². The van der Waals surface area contributed by atoms with Gasteiger partial charge in [-0.1, -0.05) is 31.3 Å². The summed E-state index contributed by atoms with van der Waals surface area (Å²) in [5.74, 6) is 0.600. The Morgan fingerprint density at radius 3 is 2.81 bits per heavy atom. The van der Waals surface area contributed by atoms with Crippen LogP contribution in [0.1, 0.15) is 38.7 Å². The van der Waals surface area contributed by atoms with Crippen molar-refractivity contribution < 1.29 is 9.53 Å². The maximum absolute atomic E-state index is 12.4. The van der Waals surface area contributed by atoms with Crippen LogP contribution in [0.3, 0.4) is 0 Å². The molecule has 1 aromatic carbocycles. The van der Waals surface area contributed by atoms with Gasteiger partial charge in [-0.25, -0.2) is 0 Å². The van der Waals surface area contributed by atoms with Crippen LogP contribution in [-0.4, -0.2) is 34.5 Å². The van der Waals surface area contributed by atoms with Gasteiger partial charge in [0.05, 0.1) is 5.56 Å². The molecule has 1 saturated heterocycles. The minimum Gasteiger partial charge on any atom is -0.483 e. The smallest absolute Gasteiger partial charge is 0.260 e. The lowest BCUT2D eigenvalue weighted by molar-refractivity contribution is -0.136. The van der Waals surface area contributed by atoms with E-state index in [1.54, 1.807) is 12.1 Å². The van der Waals surface area contributed by atoms with E-state index in [1.807, 2.05) is 17.0 Å². The standard InChI is InChI=1S/C16H22N2O2S/c1-3-12-9-8-11(2)18(12)15(19)10-20-14-7-5-4-6-13(14)16(17)21/h4-7,11-12H,3,8-10H2,1-2H3,(H2,17,21). The van der Waals surface area contributed by atoms with Gasteiger partial charge < -0.3 is 15.4 Å². The molecule has 5 heteroatoms. The van der Waals surface area contributed by atoms with Crippen molar-refractivity contribution in [1.29, 1.82) is 0 Å². The second kappa shape index (κ2) is 6.89. The van der Waals surface area contributed by atoms with E-state index >= 15 is 0 Å². The second-order valence-corrected chi connectivity index (χ2v) is 5.88. The largest absolute Gasteiger partial charge is 0.483 e. The summed E-state index contributed by atoms with van der Waals surface area (Å²) in [6.45, 7) is 4.24. The summed E-state index contributed by atoms with van der Waals surface area (Å²) in [5, 5.41) is 0. The van der Waals surface area contributed by atoms with Gasteiger partial charge >= 0.3 is 0 Å². The summed E-state index contributed by atoms with van der Waals surface area (Å²) in [6.07, 6.45) is 3.13. The highest BCUT2D eigenvalue weighted by molar-refractivity contribution is 7.80. The highest BCUT2D eigenvalue weighted by Gasteiger charge is 2.33. The lowest BCUT2D eigenvalue weighted by Gasteiger charge is -2.28. The fourth-order valence-corrected chi connectivity index (χ4v) is 3.10. The van der Waals surface area contributed by atoms with Crippen molar-refractivity contribution in [2.75, 3.05) is 6.61 Å². The van der Waals surface area contributed by atoms with Crippen molar-refractivity contribution >= 4 is 23.1 Å². The van der Waals surface area contributed by atoms with E-state index in [0.29, 0.717) is 17.4 Å². The molecule has 1 amide bonds. The first-order valence-electron chi connectivity index (χ1n) is 7.37. The predicted octanol–water partition coefficient (Wildman–Crippen LogP) is 2.49. The predicted molar refractivity (Wildman–Crippen MR) is 87.4 cm³/mol. The van der Waals surface area contributed by atoms with E-state index in [0.717, 1.165) is 19.3 Å². The van der Waals surface area contributed by atoms with Crippen LogP contribution in [0, 0.1) is 0 Å². The van der Waals surface area contributed by atoms with E-state index < -0.39 is 0 Å². The number of hydrogen-bond acceptors (Lipinski definition) is 3. The molecule has 2 unspecified atom stereocenters. The highest BCUT2D eigenvalue weighted by Crippen LogP contribution is 2.26. The van der Waals surface area contributed by atoms with Gasteiger partial charge in [0.1, 0.15) is 10.7 Å². The molecule has 0 saturated carbocycles. The number of nitrogens with zero attached hydrogens (tertiary/aromatic N) is 1. The summed E-state index contributed by atoms with van der Waals surface area (Å²) in [5.41, 5.74) is 6.33. The highest BCUT2D eigenvalue weighted by atomic mass is 32.1. The fourth-order valence-electron chi connectivity index (χ4n) is 2.93. The lowest BCUT2D eigenvalue weighted by atomic mass is 10.1. The number of carbonyl (C=O) groups is 1. The number of benzene rings is 1. The molecule has 2 N–H and O–H groups in total. The van der Waals surface area contributed by atoms with Crippen LogP contribution in [-0.2, 0) is 4.79 Å². The molecule has 0 radical (unpaired) electrons. The minimum atomic E-state index is 0.0282. The van der Waals surface area contributed by atoms with Crippen LogP contribution in [0.25, 0.3) is 0 Å². The quantitative estimate of drug-likeness (QED) is 0.849. The van der Waals surface area contributed by atoms with Crippen LogP contribution in [0.15, 0.2) is 24.3 Å². The van der Waals surface area contributed by atoms with Gasteiger partial charge in [-0.3, -0.25) is 4.79 Å². The van der Waals surface area contributed by atoms with Gasteiger partial charge in [0.15, 0.2) is 6.61 Å². The Labute approximate surface area is 131 Å². The number of para-hydroxylation sites is 1. The maximum Gasteiger partial charge on any atom is 0.260 e. The van der Waals surface area contributed by atoms with Gasteiger partial charge in [0.25, 0.3) is 5.91 Å². The van der Waals surface area contributed by atoms with Crippen LogP contribution in [0.4, 0.5) is 0 Å². The summed E-state index contributed by atoms with van der Waals surface area (Å²) in [6, 6.07) is 7.90. The molecule has 21 heavy (non-hydrogen) atoms. The third-order valence-corrected chi connectivity index (χ3v) is 4.27. The summed E-state index contributed by atoms with van der Waals surface area (Å²) in [4.78, 5) is 14.7. The van der Waals surface area contributed by atoms with Crippen molar-refractivity contribution in [2.24, 2.45) is 5.73 Å². The number of rotatable bonds is 5. The molecule has 2 rings (SSSR count). The van der Waals surface area contributed by atoms with E-state index in [2.05, 4.69) is 13.8 Å². The maximum atomic E-state index is 12.4. The molecule has 0 aromatic heterocycles. The molecule has 1 heterocycles. The molecule has 1 aliphatic rings. The van der Waals surface area contributed by atoms with Crippen molar-refractivity contribution in [2.45, 2.75) is 45.2 Å². The number of carbonyl (C=O) groups excluding carboxylic acids is 1. The number of nitrogens with two attached hydrogens (primary N) is 1. The molecule has 1 aromatic rings. The summed E-state index contributed by atoms with van der Waals surface area (Å²) >= 11 is 5.00. The molecular formula is C16H22N2O2S. The molecule has 0 aliphatic carbocycles. The third kappa shape index (κ3) is 3.53. The average molecular weight is 306 g/mol. The number of thiocarbonyl (C=S) groups is 1. The Morgan fingerprint density at radius 2 is 2.14 bits per heavy atom. The van der Waals surface area contributed by atoms with E-state index in [9.17, 15) is 4.79 Å². The first-order valence-corrected chi connectivity index (χ1v) is 7.78. The normalized spacial score (nSPS) is 21.3. The van der Waals surface area contributed by atoms with Crippen molar-refractivity contribution in [3.8, 4) is 5.75 Å². The fraction of sp³-hybridized carbons (Fsp3) is 0.500. The molecule has 2 atom stereocenters. The van der Waals surface area contributed by atoms with Crippen LogP contribution >= 0.6 is 12.2 Å². The SMILES string of the molecule is CCC1CCC(C)N1C(=O)COc1ccccc1C(N)=S. The Bertz CT molecular complexity index is 533. The molecule has 0 bridgehead atoms. The van der Waals surface area contributed by atoms with E-state index in [1.165, 1.54) is 0 Å². The van der Waals surface area contributed by atoms with Gasteiger partial charge in [-0.2, -0.15) is 0 Å². The zero-order valence-electron chi connectivity index (χ0n) is 12.5. The Balaban J connectivity index is 2.03. The minimum absolute atomic E-state index is 0.0282. The first-order chi connectivity index (χ1) is 10.0. The number of ether oxygens (including phenoxy) is 1. The van der Waals surface area contributed by atoms with E-state index in [4.69, 9.17) is 22.7 Å². The molecule has 114 valence electrons. The molecule has 1 fully saturated rings. The first kappa shape index (κ1) is 15.8. The molecule has 4 nitrogen and oxygen atoms in total. The van der Waals surface area contributed by atoms with Crippen LogP contribution in [0.5, 0.6) is 5.75 Å². The van der Waals surface area contributed by atoms with Crippen molar-refractivity contribution in [3.63, 3.8) is 0 Å². The Morgan fingerprint density at radius 1 is 1.43 bits per heavy atom. The zero-order valence-corrected chi connectivity index (χ0v) is 13.4. The zero-order chi connectivity index (χ0) is 15.4. The topological polar surface area (TPSA) is 55.6 Å². The van der Waals surface area contributed by atoms with Crippen LogP contribution < -0.4 is 10.5 Å². The average Bonchev–Trinajstić information content (AvgIpc) is 2.86. The Kier molecular flexibility index (Phi) is 5.17. The van der Waals surface area contributed by atoms with Crippen molar-refractivity contribution in [1.82, 2.24) is 4.90 Å². The van der Waals surface area contributed by atoms with E-state index in [-0.39, 0.29) is 23.5 Å². The number of likely N-dealkylation sites (tertiary alicyclic amines) is 1. The number of amides is 1. The van der Waals surface area contributed by atoms with Gasteiger partial charge in [0.2, 0.25) is 0 Å². The second-order valence-electron chi connectivity index (χ2n) is 5.44.